The first-order chi connectivity index (χ1) is 11.2. The molecule has 0 atom stereocenters. The van der Waals surface area contributed by atoms with Crippen LogP contribution in [0.1, 0.15) is 45.6 Å². The Bertz CT molecular complexity index is 580. The first kappa shape index (κ1) is 18.4. The van der Waals surface area contributed by atoms with E-state index in [-0.39, 0.29) is 6.09 Å². The van der Waals surface area contributed by atoms with E-state index in [1.165, 1.54) is 12.1 Å². The highest BCUT2D eigenvalue weighted by molar-refractivity contribution is 5.68. The van der Waals surface area contributed by atoms with Crippen LogP contribution in [0.15, 0.2) is 24.3 Å². The van der Waals surface area contributed by atoms with Crippen LogP contribution in [0, 0.1) is 17.6 Å². The van der Waals surface area contributed by atoms with Crippen molar-refractivity contribution in [2.24, 2.45) is 5.92 Å². The number of hydrogen-bond acceptors (Lipinski definition) is 2. The highest BCUT2D eigenvalue weighted by Crippen LogP contribution is 2.23. The Labute approximate surface area is 142 Å². The Morgan fingerprint density at radius 1 is 1.21 bits per heavy atom. The molecule has 5 heteroatoms. The third kappa shape index (κ3) is 5.95. The van der Waals surface area contributed by atoms with Crippen molar-refractivity contribution < 1.29 is 18.3 Å². The van der Waals surface area contributed by atoms with E-state index in [9.17, 15) is 13.6 Å². The van der Waals surface area contributed by atoms with Crippen LogP contribution in [0.5, 0.6) is 0 Å². The summed E-state index contributed by atoms with van der Waals surface area (Å²) in [6, 6.07) is 3.49. The Morgan fingerprint density at radius 3 is 2.33 bits per heavy atom. The number of likely N-dealkylation sites (tertiary alicyclic amines) is 1. The minimum atomic E-state index is -0.569. The third-order valence-corrected chi connectivity index (χ3v) is 3.93. The van der Waals surface area contributed by atoms with E-state index in [2.05, 4.69) is 0 Å². The van der Waals surface area contributed by atoms with Gasteiger partial charge in [-0.15, -0.1) is 0 Å². The molecule has 0 aliphatic carbocycles. The Kier molecular flexibility index (Phi) is 5.97. The highest BCUT2D eigenvalue weighted by Gasteiger charge is 2.26. The Hall–Kier alpha value is -1.91. The summed E-state index contributed by atoms with van der Waals surface area (Å²) in [5.74, 6) is -0.668. The maximum Gasteiger partial charge on any atom is 0.410 e. The predicted octanol–water partition coefficient (Wildman–Crippen LogP) is 5.02. The molecule has 2 rings (SSSR count). The summed E-state index contributed by atoms with van der Waals surface area (Å²) >= 11 is 0. The van der Waals surface area contributed by atoms with Gasteiger partial charge in [-0.3, -0.25) is 0 Å². The van der Waals surface area contributed by atoms with E-state index < -0.39 is 17.2 Å². The number of hydrogen-bond donors (Lipinski definition) is 0. The molecule has 1 aromatic rings. The molecule has 0 unspecified atom stereocenters. The van der Waals surface area contributed by atoms with E-state index in [1.807, 2.05) is 26.8 Å². The minimum Gasteiger partial charge on any atom is -0.444 e. The fourth-order valence-electron chi connectivity index (χ4n) is 2.75. The van der Waals surface area contributed by atoms with Gasteiger partial charge in [-0.05, 0) is 63.6 Å². The van der Waals surface area contributed by atoms with Crippen molar-refractivity contribution in [2.75, 3.05) is 13.1 Å². The summed E-state index contributed by atoms with van der Waals surface area (Å²) in [5, 5.41) is 0. The van der Waals surface area contributed by atoms with E-state index in [4.69, 9.17) is 4.74 Å². The number of nitrogens with zero attached hydrogens (tertiary/aromatic N) is 1. The highest BCUT2D eigenvalue weighted by atomic mass is 19.1. The molecule has 0 bridgehead atoms. The zero-order valence-electron chi connectivity index (χ0n) is 14.5. The second kappa shape index (κ2) is 7.77. The molecular weight excluding hydrogens is 312 g/mol. The second-order valence-corrected chi connectivity index (χ2v) is 7.25. The standard InChI is InChI=1S/C19H25F2NO2/c1-19(2,3)24-18(23)22-9-7-14(8-10-22)5-4-6-15-11-16(20)13-17(21)12-15/h4,6,11-14H,5,7-10H2,1-3H3. The molecule has 1 fully saturated rings. The molecule has 0 saturated carbocycles. The van der Waals surface area contributed by atoms with Crippen molar-refractivity contribution in [2.45, 2.75) is 45.6 Å². The molecule has 0 radical (unpaired) electrons. The van der Waals surface area contributed by atoms with Gasteiger partial charge in [0.2, 0.25) is 0 Å². The number of amides is 1. The molecule has 1 aromatic carbocycles. The van der Waals surface area contributed by atoms with Crippen LogP contribution in [0.25, 0.3) is 6.08 Å². The summed E-state index contributed by atoms with van der Waals surface area (Å²) in [7, 11) is 0. The predicted molar refractivity (Wildman–Crippen MR) is 90.5 cm³/mol. The molecule has 24 heavy (non-hydrogen) atoms. The van der Waals surface area contributed by atoms with Gasteiger partial charge >= 0.3 is 6.09 Å². The fraction of sp³-hybridized carbons (Fsp3) is 0.526. The van der Waals surface area contributed by atoms with Crippen molar-refractivity contribution in [3.05, 3.63) is 41.5 Å². The van der Waals surface area contributed by atoms with E-state index in [0.717, 1.165) is 25.3 Å². The van der Waals surface area contributed by atoms with E-state index in [0.29, 0.717) is 24.6 Å². The number of halogens is 2. The number of rotatable bonds is 3. The van der Waals surface area contributed by atoms with Crippen LogP contribution in [0.4, 0.5) is 13.6 Å². The van der Waals surface area contributed by atoms with Gasteiger partial charge in [-0.1, -0.05) is 12.2 Å². The van der Waals surface area contributed by atoms with Gasteiger partial charge in [0.15, 0.2) is 0 Å². The van der Waals surface area contributed by atoms with E-state index >= 15 is 0 Å². The molecule has 1 aliphatic rings. The SMILES string of the molecule is CC(C)(C)OC(=O)N1CCC(CC=Cc2cc(F)cc(F)c2)CC1. The van der Waals surface area contributed by atoms with Gasteiger partial charge in [-0.25, -0.2) is 13.6 Å². The summed E-state index contributed by atoms with van der Waals surface area (Å²) < 4.78 is 31.6. The Morgan fingerprint density at radius 2 is 1.79 bits per heavy atom. The number of carbonyl (C=O) groups excluding carboxylic acids is 1. The van der Waals surface area contributed by atoms with Gasteiger partial charge in [0, 0.05) is 19.2 Å². The van der Waals surface area contributed by atoms with Gasteiger partial charge in [0.1, 0.15) is 17.2 Å². The third-order valence-electron chi connectivity index (χ3n) is 3.93. The van der Waals surface area contributed by atoms with Crippen LogP contribution in [-0.2, 0) is 4.74 Å². The monoisotopic (exact) mass is 337 g/mol. The lowest BCUT2D eigenvalue weighted by Crippen LogP contribution is -2.41. The molecule has 1 amide bonds. The lowest BCUT2D eigenvalue weighted by atomic mass is 9.93. The van der Waals surface area contributed by atoms with Crippen molar-refractivity contribution >= 4 is 12.2 Å². The zero-order valence-corrected chi connectivity index (χ0v) is 14.5. The average molecular weight is 337 g/mol. The fourth-order valence-corrected chi connectivity index (χ4v) is 2.75. The minimum absolute atomic E-state index is 0.258. The summed E-state index contributed by atoms with van der Waals surface area (Å²) in [4.78, 5) is 13.7. The molecule has 1 saturated heterocycles. The van der Waals surface area contributed by atoms with Crippen molar-refractivity contribution in [3.63, 3.8) is 0 Å². The number of ether oxygens (including phenoxy) is 1. The van der Waals surface area contributed by atoms with Crippen LogP contribution in [0.3, 0.4) is 0 Å². The number of carbonyl (C=O) groups is 1. The summed E-state index contributed by atoms with van der Waals surface area (Å²) in [5.41, 5.74) is 0.0513. The van der Waals surface area contributed by atoms with Crippen molar-refractivity contribution in [3.8, 4) is 0 Å². The van der Waals surface area contributed by atoms with Gasteiger partial charge in [0.05, 0.1) is 0 Å². The van der Waals surface area contributed by atoms with Gasteiger partial charge < -0.3 is 9.64 Å². The maximum absolute atomic E-state index is 13.1. The molecule has 1 aliphatic heterocycles. The normalized spacial score (nSPS) is 16.6. The molecule has 1 heterocycles. The first-order valence-electron chi connectivity index (χ1n) is 8.33. The van der Waals surface area contributed by atoms with Crippen LogP contribution in [-0.4, -0.2) is 29.7 Å². The summed E-state index contributed by atoms with van der Waals surface area (Å²) in [6.45, 7) is 6.94. The largest absolute Gasteiger partial charge is 0.444 e. The van der Waals surface area contributed by atoms with E-state index in [1.54, 1.807) is 11.0 Å². The molecular formula is C19H25F2NO2. The smallest absolute Gasteiger partial charge is 0.410 e. The lowest BCUT2D eigenvalue weighted by molar-refractivity contribution is 0.0185. The average Bonchev–Trinajstić information content (AvgIpc) is 2.45. The molecule has 0 aromatic heterocycles. The number of allylic oxidation sites excluding steroid dienone is 1. The molecule has 3 nitrogen and oxygen atoms in total. The van der Waals surface area contributed by atoms with Gasteiger partial charge in [-0.2, -0.15) is 0 Å². The Balaban J connectivity index is 1.79. The molecule has 0 spiro atoms. The number of benzene rings is 1. The van der Waals surface area contributed by atoms with Crippen molar-refractivity contribution in [1.29, 1.82) is 0 Å². The molecule has 0 N–H and O–H groups in total. The van der Waals surface area contributed by atoms with Gasteiger partial charge in [0.25, 0.3) is 0 Å². The molecule has 132 valence electrons. The second-order valence-electron chi connectivity index (χ2n) is 7.25. The van der Waals surface area contributed by atoms with Crippen LogP contribution >= 0.6 is 0 Å². The van der Waals surface area contributed by atoms with Crippen LogP contribution in [0.2, 0.25) is 0 Å². The topological polar surface area (TPSA) is 29.5 Å². The van der Waals surface area contributed by atoms with Crippen molar-refractivity contribution in [1.82, 2.24) is 4.90 Å². The number of piperidine rings is 1. The van der Waals surface area contributed by atoms with Crippen LogP contribution < -0.4 is 0 Å². The quantitative estimate of drug-likeness (QED) is 0.775. The maximum atomic E-state index is 13.1. The lowest BCUT2D eigenvalue weighted by Gasteiger charge is -2.33. The first-order valence-corrected chi connectivity index (χ1v) is 8.33. The zero-order chi connectivity index (χ0) is 17.7. The summed E-state index contributed by atoms with van der Waals surface area (Å²) in [6.07, 6.45) is 6.07.